The maximum absolute atomic E-state index is 13.8. The second-order valence-corrected chi connectivity index (χ2v) is 8.01. The Labute approximate surface area is 136 Å². The fourth-order valence-corrected chi connectivity index (χ4v) is 4.28. The zero-order chi connectivity index (χ0) is 16.3. The molecule has 0 amide bonds. The third kappa shape index (κ3) is 3.78. The second-order valence-electron chi connectivity index (χ2n) is 5.57. The van der Waals surface area contributed by atoms with Gasteiger partial charge in [-0.2, -0.15) is 17.0 Å². The molecule has 2 rings (SSSR count). The van der Waals surface area contributed by atoms with Gasteiger partial charge in [-0.25, -0.2) is 4.39 Å². The van der Waals surface area contributed by atoms with Gasteiger partial charge in [0.15, 0.2) is 0 Å². The summed E-state index contributed by atoms with van der Waals surface area (Å²) < 4.78 is 41.6. The Balaban J connectivity index is 2.15. The quantitative estimate of drug-likeness (QED) is 0.881. The van der Waals surface area contributed by atoms with Gasteiger partial charge in [0.2, 0.25) is 0 Å². The summed E-state index contributed by atoms with van der Waals surface area (Å²) in [7, 11) is -2.22. The molecule has 1 unspecified atom stereocenters. The molecule has 1 saturated heterocycles. The maximum Gasteiger partial charge on any atom is 0.282 e. The molecule has 1 atom stereocenters. The fraction of sp³-hybridized carbons (Fsp3) is 0.571. The Morgan fingerprint density at radius 2 is 2.23 bits per heavy atom. The van der Waals surface area contributed by atoms with Crippen molar-refractivity contribution in [1.29, 1.82) is 0 Å². The Morgan fingerprint density at radius 1 is 1.50 bits per heavy atom. The van der Waals surface area contributed by atoms with E-state index in [2.05, 4.69) is 0 Å². The van der Waals surface area contributed by atoms with Gasteiger partial charge in [0.1, 0.15) is 5.82 Å². The number of nitrogens with zero attached hydrogens (tertiary/aromatic N) is 2. The summed E-state index contributed by atoms with van der Waals surface area (Å²) in [6.07, 6.45) is 1.72. The third-order valence-electron chi connectivity index (χ3n) is 3.98. The van der Waals surface area contributed by atoms with Crippen LogP contribution in [0.5, 0.6) is 0 Å². The fourth-order valence-electron chi connectivity index (χ4n) is 2.61. The van der Waals surface area contributed by atoms with Crippen molar-refractivity contribution in [2.24, 2.45) is 11.7 Å². The summed E-state index contributed by atoms with van der Waals surface area (Å²) in [6.45, 7) is 1.24. The van der Waals surface area contributed by atoms with Crippen LogP contribution in [0.3, 0.4) is 0 Å². The molecule has 0 spiro atoms. The Morgan fingerprint density at radius 3 is 2.86 bits per heavy atom. The van der Waals surface area contributed by atoms with E-state index < -0.39 is 16.0 Å². The lowest BCUT2D eigenvalue weighted by molar-refractivity contribution is 0.254. The molecule has 124 valence electrons. The van der Waals surface area contributed by atoms with Crippen LogP contribution in [0.15, 0.2) is 18.2 Å². The minimum atomic E-state index is -3.65. The van der Waals surface area contributed by atoms with Crippen molar-refractivity contribution in [2.45, 2.75) is 19.4 Å². The van der Waals surface area contributed by atoms with E-state index in [9.17, 15) is 12.8 Å². The summed E-state index contributed by atoms with van der Waals surface area (Å²) in [5, 5.41) is 0.223. The molecule has 0 radical (unpaired) electrons. The third-order valence-corrected chi connectivity index (χ3v) is 6.23. The second kappa shape index (κ2) is 7.23. The highest BCUT2D eigenvalue weighted by atomic mass is 35.5. The first-order valence-corrected chi connectivity index (χ1v) is 8.98. The van der Waals surface area contributed by atoms with Gasteiger partial charge < -0.3 is 5.73 Å². The summed E-state index contributed by atoms with van der Waals surface area (Å²) in [6, 6.07) is 4.31. The van der Waals surface area contributed by atoms with Crippen LogP contribution >= 0.6 is 11.6 Å². The van der Waals surface area contributed by atoms with E-state index in [4.69, 9.17) is 17.3 Å². The van der Waals surface area contributed by atoms with E-state index in [1.807, 2.05) is 0 Å². The van der Waals surface area contributed by atoms with Gasteiger partial charge in [-0.15, -0.1) is 0 Å². The van der Waals surface area contributed by atoms with Crippen LogP contribution in [0.4, 0.5) is 4.39 Å². The number of piperidine rings is 1. The number of hydrogen-bond donors (Lipinski definition) is 1. The minimum Gasteiger partial charge on any atom is -0.330 e. The maximum atomic E-state index is 13.8. The minimum absolute atomic E-state index is 0.0996. The molecule has 0 aliphatic carbocycles. The summed E-state index contributed by atoms with van der Waals surface area (Å²) in [4.78, 5) is 0. The predicted molar refractivity (Wildman–Crippen MR) is 85.1 cm³/mol. The molecule has 1 heterocycles. The Hall–Kier alpha value is -0.730. The van der Waals surface area contributed by atoms with Crippen molar-refractivity contribution < 1.29 is 12.8 Å². The van der Waals surface area contributed by atoms with Crippen molar-refractivity contribution in [1.82, 2.24) is 8.61 Å². The normalized spacial score (nSPS) is 20.5. The van der Waals surface area contributed by atoms with Crippen LogP contribution in [0.2, 0.25) is 5.02 Å². The number of benzene rings is 1. The molecule has 1 aliphatic rings. The molecule has 0 bridgehead atoms. The molecule has 1 aromatic rings. The van der Waals surface area contributed by atoms with Crippen LogP contribution in [0, 0.1) is 11.7 Å². The number of halogens is 2. The van der Waals surface area contributed by atoms with Crippen LogP contribution in [-0.2, 0) is 16.8 Å². The zero-order valence-corrected chi connectivity index (χ0v) is 14.1. The van der Waals surface area contributed by atoms with E-state index in [0.717, 1.165) is 17.1 Å². The van der Waals surface area contributed by atoms with Gasteiger partial charge in [0.05, 0.1) is 0 Å². The Kier molecular flexibility index (Phi) is 5.79. The Bertz CT molecular complexity index is 606. The highest BCUT2D eigenvalue weighted by Gasteiger charge is 2.32. The molecule has 1 aromatic carbocycles. The van der Waals surface area contributed by atoms with Gasteiger partial charge in [-0.1, -0.05) is 17.7 Å². The molecule has 1 fully saturated rings. The van der Waals surface area contributed by atoms with Crippen LogP contribution < -0.4 is 5.73 Å². The largest absolute Gasteiger partial charge is 0.330 e. The molecule has 5 nitrogen and oxygen atoms in total. The standard InChI is InChI=1S/C14H21ClFN3O2S/c1-18(10-12-13(15)5-2-6-14(12)16)22(20,21)19-7-3-4-11(8-17)9-19/h2,5-6,11H,3-4,7-10,17H2,1H3. The summed E-state index contributed by atoms with van der Waals surface area (Å²) in [5.41, 5.74) is 5.83. The topological polar surface area (TPSA) is 66.6 Å². The lowest BCUT2D eigenvalue weighted by atomic mass is 10.0. The van der Waals surface area contributed by atoms with Gasteiger partial charge in [-0.3, -0.25) is 0 Å². The molecule has 2 N–H and O–H groups in total. The van der Waals surface area contributed by atoms with Crippen LogP contribution in [0.25, 0.3) is 0 Å². The molecule has 0 aromatic heterocycles. The smallest absolute Gasteiger partial charge is 0.282 e. The van der Waals surface area contributed by atoms with E-state index in [1.165, 1.54) is 23.5 Å². The van der Waals surface area contributed by atoms with Crippen LogP contribution in [-0.4, -0.2) is 43.7 Å². The van der Waals surface area contributed by atoms with Gasteiger partial charge >= 0.3 is 0 Å². The molecular weight excluding hydrogens is 329 g/mol. The van der Waals surface area contributed by atoms with E-state index in [0.29, 0.717) is 19.6 Å². The van der Waals surface area contributed by atoms with Crippen molar-refractivity contribution in [3.63, 3.8) is 0 Å². The van der Waals surface area contributed by atoms with Crippen molar-refractivity contribution in [3.05, 3.63) is 34.6 Å². The van der Waals surface area contributed by atoms with Crippen molar-refractivity contribution in [3.8, 4) is 0 Å². The average molecular weight is 350 g/mol. The monoisotopic (exact) mass is 349 g/mol. The predicted octanol–water partition coefficient (Wildman–Crippen LogP) is 1.83. The lowest BCUT2D eigenvalue weighted by Crippen LogP contribution is -2.47. The van der Waals surface area contributed by atoms with E-state index in [1.54, 1.807) is 6.07 Å². The molecular formula is C14H21ClFN3O2S. The highest BCUT2D eigenvalue weighted by molar-refractivity contribution is 7.86. The lowest BCUT2D eigenvalue weighted by Gasteiger charge is -2.34. The van der Waals surface area contributed by atoms with Gasteiger partial charge in [0, 0.05) is 37.3 Å². The van der Waals surface area contributed by atoms with Gasteiger partial charge in [0.25, 0.3) is 10.2 Å². The van der Waals surface area contributed by atoms with Crippen molar-refractivity contribution >= 4 is 21.8 Å². The molecule has 1 aliphatic heterocycles. The van der Waals surface area contributed by atoms with E-state index in [-0.39, 0.29) is 23.0 Å². The first-order valence-electron chi connectivity index (χ1n) is 7.20. The van der Waals surface area contributed by atoms with Gasteiger partial charge in [-0.05, 0) is 37.4 Å². The highest BCUT2D eigenvalue weighted by Crippen LogP contribution is 2.24. The first kappa shape index (κ1) is 17.6. The first-order chi connectivity index (χ1) is 10.4. The zero-order valence-electron chi connectivity index (χ0n) is 12.5. The van der Waals surface area contributed by atoms with E-state index >= 15 is 0 Å². The molecule has 8 heteroatoms. The van der Waals surface area contributed by atoms with Crippen LogP contribution in [0.1, 0.15) is 18.4 Å². The average Bonchev–Trinajstić information content (AvgIpc) is 2.50. The number of rotatable bonds is 5. The SMILES string of the molecule is CN(Cc1c(F)cccc1Cl)S(=O)(=O)N1CCCC(CN)C1. The number of hydrogen-bond acceptors (Lipinski definition) is 3. The molecule has 0 saturated carbocycles. The molecule has 22 heavy (non-hydrogen) atoms. The summed E-state index contributed by atoms with van der Waals surface area (Å²) >= 11 is 5.96. The summed E-state index contributed by atoms with van der Waals surface area (Å²) in [5.74, 6) is -0.331. The number of nitrogens with two attached hydrogens (primary N) is 1. The van der Waals surface area contributed by atoms with Crippen molar-refractivity contribution in [2.75, 3.05) is 26.7 Å².